The number of nitrogens with zero attached hydrogens (tertiary/aromatic N) is 2. The molecule has 18 heavy (non-hydrogen) atoms. The second kappa shape index (κ2) is 6.45. The number of furan rings is 1. The highest BCUT2D eigenvalue weighted by Crippen LogP contribution is 2.27. The molecule has 0 bridgehead atoms. The summed E-state index contributed by atoms with van der Waals surface area (Å²) in [6.45, 7) is 5.31. The number of nitrogens with one attached hydrogen (secondary N) is 1. The quantitative estimate of drug-likeness (QED) is 0.824. The van der Waals surface area contributed by atoms with Crippen LogP contribution < -0.4 is 5.32 Å². The van der Waals surface area contributed by atoms with Gasteiger partial charge in [0.15, 0.2) is 15.4 Å². The predicted octanol–water partition coefficient (Wildman–Crippen LogP) is 3.49. The zero-order chi connectivity index (χ0) is 13.0. The van der Waals surface area contributed by atoms with Gasteiger partial charge in [-0.05, 0) is 41.0 Å². The van der Waals surface area contributed by atoms with Gasteiger partial charge in [-0.25, -0.2) is 0 Å². The highest BCUT2D eigenvalue weighted by atomic mass is 79.9. The summed E-state index contributed by atoms with van der Waals surface area (Å²) in [4.78, 5) is 0. The van der Waals surface area contributed by atoms with Crippen molar-refractivity contribution in [1.29, 1.82) is 0 Å². The predicted molar refractivity (Wildman–Crippen MR) is 76.8 cm³/mol. The summed E-state index contributed by atoms with van der Waals surface area (Å²) in [7, 11) is 0. The maximum atomic E-state index is 5.45. The molecule has 98 valence electrons. The van der Waals surface area contributed by atoms with Crippen molar-refractivity contribution < 1.29 is 4.42 Å². The van der Waals surface area contributed by atoms with E-state index in [1.807, 2.05) is 12.1 Å². The maximum Gasteiger partial charge on any atom is 0.183 e. The van der Waals surface area contributed by atoms with Crippen LogP contribution in [-0.4, -0.2) is 22.8 Å². The van der Waals surface area contributed by atoms with E-state index in [9.17, 15) is 0 Å². The molecule has 2 aromatic rings. The number of aromatic nitrogens is 2. The third-order valence-corrected chi connectivity index (χ3v) is 3.79. The van der Waals surface area contributed by atoms with Crippen LogP contribution in [0.4, 0.5) is 0 Å². The molecule has 2 heterocycles. The molecule has 4 nitrogen and oxygen atoms in total. The molecule has 0 saturated carbocycles. The third-order valence-electron chi connectivity index (χ3n) is 2.37. The fourth-order valence-electron chi connectivity index (χ4n) is 1.51. The van der Waals surface area contributed by atoms with Crippen LogP contribution in [0.5, 0.6) is 0 Å². The Hall–Kier alpha value is -0.720. The van der Waals surface area contributed by atoms with E-state index in [4.69, 9.17) is 4.42 Å². The van der Waals surface area contributed by atoms with Gasteiger partial charge in [0.05, 0.1) is 0 Å². The lowest BCUT2D eigenvalue weighted by atomic mass is 10.3. The van der Waals surface area contributed by atoms with Crippen LogP contribution in [-0.2, 0) is 6.42 Å². The minimum Gasteiger partial charge on any atom is -0.447 e. The molecule has 0 amide bonds. The molecular weight excluding hydrogens is 314 g/mol. The number of halogens is 1. The van der Waals surface area contributed by atoms with Crippen molar-refractivity contribution in [2.45, 2.75) is 32.7 Å². The van der Waals surface area contributed by atoms with Gasteiger partial charge in [0, 0.05) is 12.5 Å². The van der Waals surface area contributed by atoms with E-state index in [0.717, 1.165) is 39.8 Å². The molecule has 0 saturated heterocycles. The summed E-state index contributed by atoms with van der Waals surface area (Å²) in [6, 6.07) is 4.30. The Morgan fingerprint density at radius 2 is 2.22 bits per heavy atom. The Morgan fingerprint density at radius 3 is 2.89 bits per heavy atom. The molecule has 1 N–H and O–H groups in total. The Bertz CT molecular complexity index is 495. The van der Waals surface area contributed by atoms with Crippen LogP contribution in [0.15, 0.2) is 21.2 Å². The van der Waals surface area contributed by atoms with Crippen molar-refractivity contribution in [3.63, 3.8) is 0 Å². The van der Waals surface area contributed by atoms with Gasteiger partial charge < -0.3 is 9.73 Å². The highest BCUT2D eigenvalue weighted by Gasteiger charge is 2.10. The largest absolute Gasteiger partial charge is 0.447 e. The van der Waals surface area contributed by atoms with E-state index in [2.05, 4.69) is 45.3 Å². The summed E-state index contributed by atoms with van der Waals surface area (Å²) in [6.07, 6.45) is 2.04. The highest BCUT2D eigenvalue weighted by molar-refractivity contribution is 9.10. The molecule has 0 aliphatic heterocycles. The van der Waals surface area contributed by atoms with Crippen LogP contribution in [0.3, 0.4) is 0 Å². The summed E-state index contributed by atoms with van der Waals surface area (Å²) < 4.78 is 6.17. The average Bonchev–Trinajstić information content (AvgIpc) is 2.93. The number of aryl methyl sites for hydroxylation is 1. The van der Waals surface area contributed by atoms with Gasteiger partial charge in [-0.2, -0.15) is 0 Å². The van der Waals surface area contributed by atoms with Gasteiger partial charge in [0.25, 0.3) is 0 Å². The van der Waals surface area contributed by atoms with E-state index in [1.165, 1.54) is 0 Å². The van der Waals surface area contributed by atoms with Crippen molar-refractivity contribution in [1.82, 2.24) is 15.5 Å². The van der Waals surface area contributed by atoms with Crippen molar-refractivity contribution in [3.05, 3.63) is 21.8 Å². The van der Waals surface area contributed by atoms with Crippen molar-refractivity contribution >= 4 is 27.3 Å². The normalized spacial score (nSPS) is 11.3. The summed E-state index contributed by atoms with van der Waals surface area (Å²) in [5, 5.41) is 13.6. The van der Waals surface area contributed by atoms with Gasteiger partial charge >= 0.3 is 0 Å². The molecule has 2 rings (SSSR count). The Balaban J connectivity index is 1.86. The molecule has 0 atom stereocenters. The van der Waals surface area contributed by atoms with Gasteiger partial charge in [-0.15, -0.1) is 10.2 Å². The van der Waals surface area contributed by atoms with Gasteiger partial charge in [-0.3, -0.25) is 0 Å². The molecule has 6 heteroatoms. The van der Waals surface area contributed by atoms with Crippen LogP contribution in [0, 0.1) is 0 Å². The van der Waals surface area contributed by atoms with Crippen LogP contribution in [0.25, 0.3) is 10.8 Å². The minimum absolute atomic E-state index is 0.537. The van der Waals surface area contributed by atoms with Gasteiger partial charge in [0.2, 0.25) is 0 Å². The molecule has 0 aliphatic rings. The van der Waals surface area contributed by atoms with E-state index >= 15 is 0 Å². The lowest BCUT2D eigenvalue weighted by Gasteiger charge is -2.05. The number of hydrogen-bond donors (Lipinski definition) is 1. The third kappa shape index (κ3) is 3.90. The molecule has 0 aliphatic carbocycles. The Labute approximate surface area is 119 Å². The van der Waals surface area contributed by atoms with Crippen LogP contribution in [0.2, 0.25) is 0 Å². The molecule has 0 unspecified atom stereocenters. The molecule has 0 spiro atoms. The average molecular weight is 330 g/mol. The van der Waals surface area contributed by atoms with Gasteiger partial charge in [-0.1, -0.05) is 25.2 Å². The number of rotatable bonds is 6. The van der Waals surface area contributed by atoms with Crippen molar-refractivity contribution in [2.24, 2.45) is 0 Å². The first-order chi connectivity index (χ1) is 8.65. The number of hydrogen-bond acceptors (Lipinski definition) is 5. The smallest absolute Gasteiger partial charge is 0.183 e. The van der Waals surface area contributed by atoms with Crippen molar-refractivity contribution in [2.75, 3.05) is 6.54 Å². The molecular formula is C12H16BrN3OS. The van der Waals surface area contributed by atoms with E-state index in [0.29, 0.717) is 6.04 Å². The summed E-state index contributed by atoms with van der Waals surface area (Å²) >= 11 is 4.88. The Morgan fingerprint density at radius 1 is 1.39 bits per heavy atom. The second-order valence-electron chi connectivity index (χ2n) is 4.32. The molecule has 2 aromatic heterocycles. The fourth-order valence-corrected chi connectivity index (χ4v) is 2.66. The van der Waals surface area contributed by atoms with E-state index in [1.54, 1.807) is 11.3 Å². The van der Waals surface area contributed by atoms with Crippen LogP contribution in [0.1, 0.15) is 25.3 Å². The fraction of sp³-hybridized carbons (Fsp3) is 0.500. The minimum atomic E-state index is 0.537. The molecule has 0 fully saturated rings. The first-order valence-corrected chi connectivity index (χ1v) is 7.57. The standard InChI is InChI=1S/C12H16BrN3OS/c1-8(2)14-7-3-4-11-15-16-12(18-11)9-5-6-10(13)17-9/h5-6,8,14H,3-4,7H2,1-2H3. The van der Waals surface area contributed by atoms with E-state index in [-0.39, 0.29) is 0 Å². The zero-order valence-corrected chi connectivity index (χ0v) is 12.8. The lowest BCUT2D eigenvalue weighted by molar-refractivity contribution is 0.554. The summed E-state index contributed by atoms with van der Waals surface area (Å²) in [5.74, 6) is 0.769. The van der Waals surface area contributed by atoms with Crippen LogP contribution >= 0.6 is 27.3 Å². The summed E-state index contributed by atoms with van der Waals surface area (Å²) in [5.41, 5.74) is 0. The van der Waals surface area contributed by atoms with Crippen molar-refractivity contribution in [3.8, 4) is 10.8 Å². The lowest BCUT2D eigenvalue weighted by Crippen LogP contribution is -2.23. The monoisotopic (exact) mass is 329 g/mol. The maximum absolute atomic E-state index is 5.45. The second-order valence-corrected chi connectivity index (χ2v) is 6.16. The topological polar surface area (TPSA) is 51.0 Å². The first kappa shape index (κ1) is 13.7. The van der Waals surface area contributed by atoms with E-state index < -0.39 is 0 Å². The molecule has 0 aromatic carbocycles. The SMILES string of the molecule is CC(C)NCCCc1nnc(-c2ccc(Br)o2)s1. The first-order valence-electron chi connectivity index (χ1n) is 5.96. The Kier molecular flexibility index (Phi) is 4.91. The van der Waals surface area contributed by atoms with Gasteiger partial charge in [0.1, 0.15) is 5.01 Å². The zero-order valence-electron chi connectivity index (χ0n) is 10.4. The molecule has 0 radical (unpaired) electrons.